The second-order valence-corrected chi connectivity index (χ2v) is 5.93. The average Bonchev–Trinajstić information content (AvgIpc) is 2.56. The Morgan fingerprint density at radius 3 is 2.20 bits per heavy atom. The maximum absolute atomic E-state index is 13.0. The summed E-state index contributed by atoms with van der Waals surface area (Å²) in [5.41, 5.74) is 0.804. The first kappa shape index (κ1) is 20.6. The molecule has 0 spiro atoms. The van der Waals surface area contributed by atoms with Crippen LogP contribution in [0.5, 0.6) is 0 Å². The zero-order valence-electron chi connectivity index (χ0n) is 14.8. The molecule has 25 heavy (non-hydrogen) atoms. The molecule has 0 radical (unpaired) electrons. The van der Waals surface area contributed by atoms with Crippen LogP contribution in [0.2, 0.25) is 0 Å². The lowest BCUT2D eigenvalue weighted by Crippen LogP contribution is -2.44. The smallest absolute Gasteiger partial charge is 0.242 e. The second kappa shape index (κ2) is 10.4. The Kier molecular flexibility index (Phi) is 8.55. The molecule has 0 atom stereocenters. The molecular formula is C17H25FN4O3. The van der Waals surface area contributed by atoms with Gasteiger partial charge in [0.05, 0.1) is 13.1 Å². The first-order valence-corrected chi connectivity index (χ1v) is 7.96. The molecule has 0 bridgehead atoms. The van der Waals surface area contributed by atoms with Gasteiger partial charge in [-0.25, -0.2) is 4.39 Å². The summed E-state index contributed by atoms with van der Waals surface area (Å²) in [5, 5.41) is 4.85. The summed E-state index contributed by atoms with van der Waals surface area (Å²) in [6, 6.07) is 5.94. The highest BCUT2D eigenvalue weighted by molar-refractivity contribution is 5.87. The third-order valence-corrected chi connectivity index (χ3v) is 3.39. The summed E-state index contributed by atoms with van der Waals surface area (Å²) < 4.78 is 13.0. The van der Waals surface area contributed by atoms with Gasteiger partial charge in [0.25, 0.3) is 0 Å². The predicted octanol–water partition coefficient (Wildman–Crippen LogP) is -0.0318. The van der Waals surface area contributed by atoms with Crippen LogP contribution < -0.4 is 10.6 Å². The van der Waals surface area contributed by atoms with E-state index in [4.69, 9.17) is 0 Å². The SMILES string of the molecule is CC(=O)NCC(=O)NCC(=O)N(CCN(C)C)Cc1ccc(F)cc1. The Morgan fingerprint density at radius 1 is 1.00 bits per heavy atom. The van der Waals surface area contributed by atoms with Crippen LogP contribution in [0.1, 0.15) is 12.5 Å². The van der Waals surface area contributed by atoms with Crippen LogP contribution >= 0.6 is 0 Å². The molecular weight excluding hydrogens is 327 g/mol. The van der Waals surface area contributed by atoms with Crippen molar-refractivity contribution in [2.75, 3.05) is 40.3 Å². The van der Waals surface area contributed by atoms with E-state index in [2.05, 4.69) is 10.6 Å². The molecule has 8 heteroatoms. The van der Waals surface area contributed by atoms with E-state index in [1.165, 1.54) is 19.1 Å². The molecule has 0 saturated heterocycles. The molecule has 0 fully saturated rings. The molecule has 0 aliphatic carbocycles. The van der Waals surface area contributed by atoms with Crippen LogP contribution in [0.15, 0.2) is 24.3 Å². The monoisotopic (exact) mass is 352 g/mol. The number of hydrogen-bond donors (Lipinski definition) is 2. The standard InChI is InChI=1S/C17H25FN4O3/c1-13(23)19-10-16(24)20-11-17(25)22(9-8-21(2)3)12-14-4-6-15(18)7-5-14/h4-7H,8-12H2,1-3H3,(H,19,23)(H,20,24). The number of benzene rings is 1. The van der Waals surface area contributed by atoms with Crippen molar-refractivity contribution in [2.45, 2.75) is 13.5 Å². The van der Waals surface area contributed by atoms with Gasteiger partial charge in [0.15, 0.2) is 0 Å². The van der Waals surface area contributed by atoms with E-state index in [0.717, 1.165) is 5.56 Å². The van der Waals surface area contributed by atoms with Crippen LogP contribution in [0.25, 0.3) is 0 Å². The third-order valence-electron chi connectivity index (χ3n) is 3.39. The number of hydrogen-bond acceptors (Lipinski definition) is 4. The molecule has 0 heterocycles. The van der Waals surface area contributed by atoms with Gasteiger partial charge < -0.3 is 20.4 Å². The van der Waals surface area contributed by atoms with Gasteiger partial charge in [0.2, 0.25) is 17.7 Å². The van der Waals surface area contributed by atoms with Gasteiger partial charge >= 0.3 is 0 Å². The minimum Gasteiger partial charge on any atom is -0.347 e. The van der Waals surface area contributed by atoms with Crippen molar-refractivity contribution in [3.8, 4) is 0 Å². The number of rotatable bonds is 9. The van der Waals surface area contributed by atoms with Crippen LogP contribution in [-0.4, -0.2) is 67.8 Å². The predicted molar refractivity (Wildman–Crippen MR) is 92.1 cm³/mol. The van der Waals surface area contributed by atoms with E-state index in [9.17, 15) is 18.8 Å². The maximum atomic E-state index is 13.0. The molecule has 0 aliphatic rings. The first-order chi connectivity index (χ1) is 11.8. The first-order valence-electron chi connectivity index (χ1n) is 7.96. The highest BCUT2D eigenvalue weighted by Gasteiger charge is 2.15. The summed E-state index contributed by atoms with van der Waals surface area (Å²) in [6.07, 6.45) is 0. The molecule has 1 aromatic rings. The summed E-state index contributed by atoms with van der Waals surface area (Å²) in [7, 11) is 3.80. The van der Waals surface area contributed by atoms with Crippen LogP contribution in [-0.2, 0) is 20.9 Å². The Hall–Kier alpha value is -2.48. The average molecular weight is 352 g/mol. The number of halogens is 1. The number of likely N-dealkylation sites (N-methyl/N-ethyl adjacent to an activating group) is 1. The number of carbonyl (C=O) groups excluding carboxylic acids is 3. The van der Waals surface area contributed by atoms with E-state index in [0.29, 0.717) is 19.6 Å². The van der Waals surface area contributed by atoms with E-state index in [1.807, 2.05) is 19.0 Å². The van der Waals surface area contributed by atoms with Crippen molar-refractivity contribution in [1.29, 1.82) is 0 Å². The molecule has 3 amide bonds. The normalized spacial score (nSPS) is 10.4. The molecule has 0 unspecified atom stereocenters. The topological polar surface area (TPSA) is 81.8 Å². The number of nitrogens with one attached hydrogen (secondary N) is 2. The molecule has 0 saturated carbocycles. The quantitative estimate of drug-likeness (QED) is 0.654. The Balaban J connectivity index is 2.61. The molecule has 0 aliphatic heterocycles. The molecule has 1 rings (SSSR count). The fourth-order valence-corrected chi connectivity index (χ4v) is 1.98. The molecule has 2 N–H and O–H groups in total. The van der Waals surface area contributed by atoms with Crippen molar-refractivity contribution < 1.29 is 18.8 Å². The molecule has 0 aromatic heterocycles. The minimum atomic E-state index is -0.433. The number of carbonyl (C=O) groups is 3. The fourth-order valence-electron chi connectivity index (χ4n) is 1.98. The summed E-state index contributed by atoms with van der Waals surface area (Å²) in [6.45, 7) is 2.45. The van der Waals surface area contributed by atoms with Crippen molar-refractivity contribution in [3.05, 3.63) is 35.6 Å². The van der Waals surface area contributed by atoms with E-state index < -0.39 is 5.91 Å². The maximum Gasteiger partial charge on any atom is 0.242 e. The Labute approximate surface area is 147 Å². The minimum absolute atomic E-state index is 0.160. The van der Waals surface area contributed by atoms with Crippen LogP contribution in [0.4, 0.5) is 4.39 Å². The van der Waals surface area contributed by atoms with Gasteiger partial charge in [-0.15, -0.1) is 0 Å². The highest BCUT2D eigenvalue weighted by atomic mass is 19.1. The third kappa shape index (κ3) is 8.80. The molecule has 7 nitrogen and oxygen atoms in total. The van der Waals surface area contributed by atoms with E-state index >= 15 is 0 Å². The van der Waals surface area contributed by atoms with Gasteiger partial charge in [0, 0.05) is 26.6 Å². The summed E-state index contributed by atoms with van der Waals surface area (Å²) in [5.74, 6) is -1.33. The Bertz CT molecular complexity index is 590. The van der Waals surface area contributed by atoms with Crippen molar-refractivity contribution in [2.24, 2.45) is 0 Å². The van der Waals surface area contributed by atoms with Crippen molar-refractivity contribution in [3.63, 3.8) is 0 Å². The number of amides is 3. The van der Waals surface area contributed by atoms with E-state index in [1.54, 1.807) is 17.0 Å². The van der Waals surface area contributed by atoms with Gasteiger partial charge in [-0.3, -0.25) is 14.4 Å². The Morgan fingerprint density at radius 2 is 1.64 bits per heavy atom. The molecule has 138 valence electrons. The van der Waals surface area contributed by atoms with E-state index in [-0.39, 0.29) is 30.7 Å². The lowest BCUT2D eigenvalue weighted by atomic mass is 10.2. The number of nitrogens with zero attached hydrogens (tertiary/aromatic N) is 2. The summed E-state index contributed by atoms with van der Waals surface area (Å²) in [4.78, 5) is 38.3. The zero-order chi connectivity index (χ0) is 18.8. The van der Waals surface area contributed by atoms with Crippen LogP contribution in [0.3, 0.4) is 0 Å². The van der Waals surface area contributed by atoms with Crippen molar-refractivity contribution in [1.82, 2.24) is 20.4 Å². The highest BCUT2D eigenvalue weighted by Crippen LogP contribution is 2.07. The lowest BCUT2D eigenvalue weighted by molar-refractivity contribution is -0.133. The van der Waals surface area contributed by atoms with Gasteiger partial charge in [-0.05, 0) is 31.8 Å². The zero-order valence-corrected chi connectivity index (χ0v) is 14.8. The molecule has 1 aromatic carbocycles. The van der Waals surface area contributed by atoms with Gasteiger partial charge in [-0.1, -0.05) is 12.1 Å². The summed E-state index contributed by atoms with van der Waals surface area (Å²) >= 11 is 0. The fraction of sp³-hybridized carbons (Fsp3) is 0.471. The van der Waals surface area contributed by atoms with Crippen LogP contribution in [0, 0.1) is 5.82 Å². The van der Waals surface area contributed by atoms with Gasteiger partial charge in [-0.2, -0.15) is 0 Å². The second-order valence-electron chi connectivity index (χ2n) is 5.93. The largest absolute Gasteiger partial charge is 0.347 e. The van der Waals surface area contributed by atoms with Crippen molar-refractivity contribution >= 4 is 17.7 Å². The van der Waals surface area contributed by atoms with Gasteiger partial charge in [0.1, 0.15) is 5.82 Å². The lowest BCUT2D eigenvalue weighted by Gasteiger charge is -2.25.